The number of ether oxygens (including phenoxy) is 1. The monoisotopic (exact) mass is 366 g/mol. The molecule has 1 amide bonds. The molecule has 0 saturated carbocycles. The standard InChI is InChI=1S/C22H26N2O3/c1-3-27-22(26)19-14-18(20(24-19)17-12-8-5-9-13-17)21(25)23-15(2)16-10-6-4-7-11-16/h4-13,15,18-20,24H,3,14H2,1-2H3,(H,23,25)/t15-,18+,19+,20+/m1/s1. The minimum absolute atomic E-state index is 0.0560. The van der Waals surface area contributed by atoms with Crippen LogP contribution < -0.4 is 10.6 Å². The van der Waals surface area contributed by atoms with Gasteiger partial charge < -0.3 is 10.1 Å². The molecule has 0 aromatic heterocycles. The van der Waals surface area contributed by atoms with Gasteiger partial charge in [-0.05, 0) is 31.4 Å². The second-order valence-electron chi connectivity index (χ2n) is 6.84. The van der Waals surface area contributed by atoms with E-state index in [1.807, 2.05) is 67.6 Å². The van der Waals surface area contributed by atoms with Crippen molar-refractivity contribution in [2.45, 2.75) is 38.4 Å². The number of carbonyl (C=O) groups is 2. The number of esters is 1. The molecule has 2 aromatic rings. The number of carbonyl (C=O) groups excluding carboxylic acids is 2. The van der Waals surface area contributed by atoms with Gasteiger partial charge in [0, 0.05) is 6.04 Å². The summed E-state index contributed by atoms with van der Waals surface area (Å²) in [7, 11) is 0. The normalized spacial score (nSPS) is 22.8. The van der Waals surface area contributed by atoms with Crippen molar-refractivity contribution in [2.75, 3.05) is 6.61 Å². The molecule has 3 rings (SSSR count). The molecule has 2 N–H and O–H groups in total. The van der Waals surface area contributed by atoms with Crippen LogP contribution >= 0.6 is 0 Å². The smallest absolute Gasteiger partial charge is 0.323 e. The number of hydrogen-bond acceptors (Lipinski definition) is 4. The average Bonchev–Trinajstić information content (AvgIpc) is 3.15. The summed E-state index contributed by atoms with van der Waals surface area (Å²) in [6, 6.07) is 18.8. The molecular weight excluding hydrogens is 340 g/mol. The second kappa shape index (κ2) is 8.82. The SMILES string of the molecule is CCOC(=O)[C@@H]1C[C@H](C(=O)N[C@H](C)c2ccccc2)[C@H](c2ccccc2)N1. The molecule has 0 aliphatic carbocycles. The highest BCUT2D eigenvalue weighted by Crippen LogP contribution is 2.34. The third kappa shape index (κ3) is 4.55. The van der Waals surface area contributed by atoms with Crippen LogP contribution in [-0.4, -0.2) is 24.5 Å². The van der Waals surface area contributed by atoms with Crippen LogP contribution in [0.5, 0.6) is 0 Å². The number of benzene rings is 2. The van der Waals surface area contributed by atoms with Crippen molar-refractivity contribution in [1.82, 2.24) is 10.6 Å². The highest BCUT2D eigenvalue weighted by Gasteiger charge is 2.42. The molecule has 2 aromatic carbocycles. The van der Waals surface area contributed by atoms with Crippen molar-refractivity contribution in [1.29, 1.82) is 0 Å². The van der Waals surface area contributed by atoms with Gasteiger partial charge in [0.15, 0.2) is 0 Å². The van der Waals surface area contributed by atoms with Gasteiger partial charge in [0.2, 0.25) is 5.91 Å². The molecule has 5 nitrogen and oxygen atoms in total. The van der Waals surface area contributed by atoms with Gasteiger partial charge in [-0.25, -0.2) is 0 Å². The lowest BCUT2D eigenvalue weighted by atomic mass is 9.92. The first-order valence-electron chi connectivity index (χ1n) is 9.43. The summed E-state index contributed by atoms with van der Waals surface area (Å²) >= 11 is 0. The number of nitrogens with one attached hydrogen (secondary N) is 2. The molecule has 1 fully saturated rings. The lowest BCUT2D eigenvalue weighted by molar-refractivity contribution is -0.145. The summed E-state index contributed by atoms with van der Waals surface area (Å²) in [5.74, 6) is -0.697. The Bertz CT molecular complexity index is 764. The van der Waals surface area contributed by atoms with Gasteiger partial charge in [-0.3, -0.25) is 14.9 Å². The van der Waals surface area contributed by atoms with Gasteiger partial charge in [0.1, 0.15) is 6.04 Å². The van der Waals surface area contributed by atoms with Crippen molar-refractivity contribution in [3.63, 3.8) is 0 Å². The lowest BCUT2D eigenvalue weighted by Crippen LogP contribution is -2.36. The zero-order valence-electron chi connectivity index (χ0n) is 15.7. The van der Waals surface area contributed by atoms with E-state index in [1.165, 1.54) is 0 Å². The molecule has 4 atom stereocenters. The highest BCUT2D eigenvalue weighted by molar-refractivity contribution is 5.84. The summed E-state index contributed by atoms with van der Waals surface area (Å²) in [6.07, 6.45) is 0.422. The van der Waals surface area contributed by atoms with Crippen LogP contribution in [0.4, 0.5) is 0 Å². The number of hydrogen-bond donors (Lipinski definition) is 2. The third-order valence-electron chi connectivity index (χ3n) is 5.00. The molecule has 1 aliphatic rings. The molecule has 0 bridgehead atoms. The predicted octanol–water partition coefficient (Wildman–Crippen LogP) is 3.15. The summed E-state index contributed by atoms with van der Waals surface area (Å²) in [4.78, 5) is 25.3. The van der Waals surface area contributed by atoms with E-state index in [4.69, 9.17) is 4.74 Å². The Hall–Kier alpha value is -2.66. The summed E-state index contributed by atoms with van der Waals surface area (Å²) in [6.45, 7) is 4.08. The van der Waals surface area contributed by atoms with E-state index in [-0.39, 0.29) is 29.9 Å². The molecule has 1 saturated heterocycles. The van der Waals surface area contributed by atoms with Crippen molar-refractivity contribution < 1.29 is 14.3 Å². The lowest BCUT2D eigenvalue weighted by Gasteiger charge is -2.22. The van der Waals surface area contributed by atoms with E-state index in [9.17, 15) is 9.59 Å². The maximum atomic E-state index is 13.0. The molecule has 5 heteroatoms. The van der Waals surface area contributed by atoms with E-state index < -0.39 is 6.04 Å². The molecule has 1 aliphatic heterocycles. The van der Waals surface area contributed by atoms with E-state index in [2.05, 4.69) is 10.6 Å². The van der Waals surface area contributed by atoms with Crippen molar-refractivity contribution >= 4 is 11.9 Å². The Labute approximate surface area is 160 Å². The highest BCUT2D eigenvalue weighted by atomic mass is 16.5. The fraction of sp³-hybridized carbons (Fsp3) is 0.364. The Kier molecular flexibility index (Phi) is 6.24. The quantitative estimate of drug-likeness (QED) is 0.771. The largest absolute Gasteiger partial charge is 0.465 e. The zero-order valence-corrected chi connectivity index (χ0v) is 15.7. The Balaban J connectivity index is 1.77. The van der Waals surface area contributed by atoms with Gasteiger partial charge in [0.25, 0.3) is 0 Å². The predicted molar refractivity (Wildman–Crippen MR) is 104 cm³/mol. The Morgan fingerprint density at radius 1 is 1.11 bits per heavy atom. The van der Waals surface area contributed by atoms with Crippen LogP contribution in [0.1, 0.15) is 43.5 Å². The summed E-state index contributed by atoms with van der Waals surface area (Å²) in [5, 5.41) is 6.40. The second-order valence-corrected chi connectivity index (χ2v) is 6.84. The van der Waals surface area contributed by atoms with Crippen LogP contribution in [0.3, 0.4) is 0 Å². The molecule has 0 spiro atoms. The molecule has 27 heavy (non-hydrogen) atoms. The average molecular weight is 366 g/mol. The van der Waals surface area contributed by atoms with Gasteiger partial charge >= 0.3 is 5.97 Å². The summed E-state index contributed by atoms with van der Waals surface area (Å²) in [5.41, 5.74) is 2.05. The number of amides is 1. The maximum Gasteiger partial charge on any atom is 0.323 e. The minimum Gasteiger partial charge on any atom is -0.465 e. The van der Waals surface area contributed by atoms with Crippen molar-refractivity contribution in [3.8, 4) is 0 Å². The van der Waals surface area contributed by atoms with E-state index in [1.54, 1.807) is 6.92 Å². The van der Waals surface area contributed by atoms with E-state index >= 15 is 0 Å². The van der Waals surface area contributed by atoms with Crippen LogP contribution in [0.2, 0.25) is 0 Å². The Morgan fingerprint density at radius 3 is 2.37 bits per heavy atom. The third-order valence-corrected chi connectivity index (χ3v) is 5.00. The molecule has 1 heterocycles. The maximum absolute atomic E-state index is 13.0. The molecule has 0 unspecified atom stereocenters. The first-order chi connectivity index (χ1) is 13.1. The van der Waals surface area contributed by atoms with E-state index in [0.29, 0.717) is 13.0 Å². The molecule has 0 radical (unpaired) electrons. The first-order valence-corrected chi connectivity index (χ1v) is 9.43. The van der Waals surface area contributed by atoms with Crippen molar-refractivity contribution in [2.24, 2.45) is 5.92 Å². The van der Waals surface area contributed by atoms with Gasteiger partial charge in [0.05, 0.1) is 18.6 Å². The summed E-state index contributed by atoms with van der Waals surface area (Å²) < 4.78 is 5.16. The van der Waals surface area contributed by atoms with Crippen molar-refractivity contribution in [3.05, 3.63) is 71.8 Å². The fourth-order valence-corrected chi connectivity index (χ4v) is 3.59. The fourth-order valence-electron chi connectivity index (χ4n) is 3.59. The Morgan fingerprint density at radius 2 is 1.74 bits per heavy atom. The van der Waals surface area contributed by atoms with Crippen LogP contribution in [0.15, 0.2) is 60.7 Å². The van der Waals surface area contributed by atoms with Crippen LogP contribution in [0, 0.1) is 5.92 Å². The zero-order chi connectivity index (χ0) is 19.2. The molecule has 142 valence electrons. The first kappa shape index (κ1) is 19.1. The van der Waals surface area contributed by atoms with E-state index in [0.717, 1.165) is 11.1 Å². The van der Waals surface area contributed by atoms with Crippen LogP contribution in [0.25, 0.3) is 0 Å². The number of rotatable bonds is 6. The van der Waals surface area contributed by atoms with Gasteiger partial charge in [-0.15, -0.1) is 0 Å². The molecular formula is C22H26N2O3. The van der Waals surface area contributed by atoms with Crippen LogP contribution in [-0.2, 0) is 14.3 Å². The minimum atomic E-state index is -0.474. The topological polar surface area (TPSA) is 67.4 Å². The van der Waals surface area contributed by atoms with Gasteiger partial charge in [-0.1, -0.05) is 60.7 Å². The van der Waals surface area contributed by atoms with Gasteiger partial charge in [-0.2, -0.15) is 0 Å².